The van der Waals surface area contributed by atoms with Gasteiger partial charge < -0.3 is 15.0 Å². The fourth-order valence-electron chi connectivity index (χ4n) is 2.95. The van der Waals surface area contributed by atoms with Crippen molar-refractivity contribution < 1.29 is 18.7 Å². The van der Waals surface area contributed by atoms with Crippen LogP contribution in [0, 0.1) is 17.1 Å². The third kappa shape index (κ3) is 4.58. The summed E-state index contributed by atoms with van der Waals surface area (Å²) in [6.45, 7) is 2.80. The lowest BCUT2D eigenvalue weighted by Gasteiger charge is -2.25. The van der Waals surface area contributed by atoms with Gasteiger partial charge >= 0.3 is 6.09 Å². The molecule has 9 heteroatoms. The predicted octanol–water partition coefficient (Wildman–Crippen LogP) is 4.58. The first-order valence-corrected chi connectivity index (χ1v) is 10.0. The number of fused-ring (bicyclic) bond motifs is 1. The number of rotatable bonds is 4. The zero-order valence-corrected chi connectivity index (χ0v) is 17.1. The molecular weight excluding hydrogens is 417 g/mol. The predicted molar refractivity (Wildman–Crippen MR) is 109 cm³/mol. The van der Waals surface area contributed by atoms with Crippen molar-refractivity contribution in [2.75, 3.05) is 18.5 Å². The Morgan fingerprint density at radius 1 is 1.48 bits per heavy atom. The molecule has 0 spiro atoms. The molecule has 0 aliphatic carbocycles. The van der Waals surface area contributed by atoms with Crippen LogP contribution in [-0.4, -0.2) is 30.1 Å². The number of thiophene rings is 1. The van der Waals surface area contributed by atoms with Gasteiger partial charge in [0.1, 0.15) is 16.9 Å². The number of carbonyl (C=O) groups is 2. The normalized spacial score (nSPS) is 13.1. The fourth-order valence-corrected chi connectivity index (χ4v) is 4.35. The van der Waals surface area contributed by atoms with Crippen molar-refractivity contribution >= 4 is 46.0 Å². The second-order valence-corrected chi connectivity index (χ2v) is 7.67. The van der Waals surface area contributed by atoms with Gasteiger partial charge in [0.05, 0.1) is 23.7 Å². The first kappa shape index (κ1) is 20.8. The van der Waals surface area contributed by atoms with E-state index in [1.54, 1.807) is 17.9 Å². The summed E-state index contributed by atoms with van der Waals surface area (Å²) >= 11 is 6.98. The molecule has 1 aromatic carbocycles. The van der Waals surface area contributed by atoms with Gasteiger partial charge in [-0.05, 0) is 31.1 Å². The van der Waals surface area contributed by atoms with Gasteiger partial charge in [0.15, 0.2) is 0 Å². The Morgan fingerprint density at radius 3 is 3.00 bits per heavy atom. The number of carbonyl (C=O) groups excluding carboxylic acids is 2. The molecule has 0 atom stereocenters. The van der Waals surface area contributed by atoms with Crippen LogP contribution in [0.3, 0.4) is 0 Å². The Hall–Kier alpha value is -2.89. The first-order valence-electron chi connectivity index (χ1n) is 8.84. The van der Waals surface area contributed by atoms with Crippen molar-refractivity contribution in [3.05, 3.63) is 56.7 Å². The first-order chi connectivity index (χ1) is 13.9. The van der Waals surface area contributed by atoms with E-state index in [1.807, 2.05) is 0 Å². The summed E-state index contributed by atoms with van der Waals surface area (Å²) in [6, 6.07) is 6.63. The largest absolute Gasteiger partial charge is 0.450 e. The van der Waals surface area contributed by atoms with Crippen LogP contribution in [0.5, 0.6) is 0 Å². The van der Waals surface area contributed by atoms with E-state index in [0.29, 0.717) is 30.1 Å². The molecule has 0 radical (unpaired) electrons. The highest BCUT2D eigenvalue weighted by atomic mass is 35.5. The highest BCUT2D eigenvalue weighted by Crippen LogP contribution is 2.36. The third-order valence-electron chi connectivity index (χ3n) is 4.33. The zero-order valence-electron chi connectivity index (χ0n) is 15.5. The molecule has 0 fully saturated rings. The van der Waals surface area contributed by atoms with E-state index in [2.05, 4.69) is 11.4 Å². The van der Waals surface area contributed by atoms with Gasteiger partial charge in [0.25, 0.3) is 0 Å². The van der Waals surface area contributed by atoms with Crippen LogP contribution in [0.1, 0.15) is 28.5 Å². The van der Waals surface area contributed by atoms with E-state index < -0.39 is 17.8 Å². The number of ether oxygens (including phenoxy) is 1. The van der Waals surface area contributed by atoms with Crippen LogP contribution in [0.15, 0.2) is 24.3 Å². The molecule has 1 N–H and O–H groups in total. The van der Waals surface area contributed by atoms with Gasteiger partial charge in [-0.3, -0.25) is 4.79 Å². The highest BCUT2D eigenvalue weighted by molar-refractivity contribution is 7.16. The molecule has 6 nitrogen and oxygen atoms in total. The summed E-state index contributed by atoms with van der Waals surface area (Å²) < 4.78 is 18.9. The lowest BCUT2D eigenvalue weighted by atomic mass is 10.0. The molecule has 0 unspecified atom stereocenters. The quantitative estimate of drug-likeness (QED) is 0.715. The molecule has 3 rings (SSSR count). The van der Waals surface area contributed by atoms with Gasteiger partial charge in [0, 0.05) is 23.1 Å². The van der Waals surface area contributed by atoms with Crippen LogP contribution >= 0.6 is 22.9 Å². The number of hydrogen-bond donors (Lipinski definition) is 1. The second kappa shape index (κ2) is 9.07. The minimum absolute atomic E-state index is 0.0311. The SMILES string of the molecule is CCOC(=O)N1CCc2c(sc(NC(=O)C=Cc3cccc(Cl)c3F)c2C#N)C1. The van der Waals surface area contributed by atoms with Crippen molar-refractivity contribution in [2.45, 2.75) is 19.9 Å². The topological polar surface area (TPSA) is 82.4 Å². The fraction of sp³-hybridized carbons (Fsp3) is 0.250. The molecule has 2 aromatic rings. The molecule has 2 amide bonds. The number of nitriles is 1. The minimum atomic E-state index is -0.610. The summed E-state index contributed by atoms with van der Waals surface area (Å²) in [4.78, 5) is 26.6. The second-order valence-electron chi connectivity index (χ2n) is 6.16. The molecule has 2 heterocycles. The molecule has 1 aliphatic heterocycles. The number of hydrogen-bond acceptors (Lipinski definition) is 5. The van der Waals surface area contributed by atoms with E-state index in [4.69, 9.17) is 16.3 Å². The van der Waals surface area contributed by atoms with E-state index in [-0.39, 0.29) is 17.2 Å². The maximum absolute atomic E-state index is 13.9. The standard InChI is InChI=1S/C20H17ClFN3O3S/c1-2-28-20(27)25-9-8-13-14(10-23)19(29-16(13)11-25)24-17(26)7-6-12-4-3-5-15(21)18(12)22/h3-7H,2,8-9,11H2,1H3,(H,24,26). The van der Waals surface area contributed by atoms with Gasteiger partial charge in [-0.1, -0.05) is 23.7 Å². The summed E-state index contributed by atoms with van der Waals surface area (Å²) in [5.74, 6) is -1.11. The van der Waals surface area contributed by atoms with Crippen molar-refractivity contribution in [1.29, 1.82) is 5.26 Å². The van der Waals surface area contributed by atoms with Crippen molar-refractivity contribution in [3.63, 3.8) is 0 Å². The van der Waals surface area contributed by atoms with Crippen LogP contribution in [0.25, 0.3) is 6.08 Å². The Bertz CT molecular complexity index is 1030. The molecule has 1 aromatic heterocycles. The van der Waals surface area contributed by atoms with Crippen LogP contribution < -0.4 is 5.32 Å². The summed E-state index contributed by atoms with van der Waals surface area (Å²) in [6.07, 6.45) is 2.60. The third-order valence-corrected chi connectivity index (χ3v) is 5.75. The van der Waals surface area contributed by atoms with E-state index in [9.17, 15) is 19.2 Å². The maximum atomic E-state index is 13.9. The van der Waals surface area contributed by atoms with Crippen LogP contribution in [0.2, 0.25) is 5.02 Å². The number of benzene rings is 1. The maximum Gasteiger partial charge on any atom is 0.410 e. The van der Waals surface area contributed by atoms with Crippen LogP contribution in [-0.2, 0) is 22.5 Å². The average molecular weight is 434 g/mol. The number of nitrogens with zero attached hydrogens (tertiary/aromatic N) is 2. The Balaban J connectivity index is 1.76. The molecule has 1 aliphatic rings. The Labute approximate surface area is 176 Å². The number of anilines is 1. The summed E-state index contributed by atoms with van der Waals surface area (Å²) in [5.41, 5.74) is 1.41. The molecule has 29 heavy (non-hydrogen) atoms. The molecule has 150 valence electrons. The van der Waals surface area contributed by atoms with Crippen molar-refractivity contribution in [1.82, 2.24) is 4.90 Å². The Morgan fingerprint density at radius 2 is 2.28 bits per heavy atom. The zero-order chi connectivity index (χ0) is 21.0. The minimum Gasteiger partial charge on any atom is -0.450 e. The molecule has 0 saturated heterocycles. The number of nitrogens with one attached hydrogen (secondary N) is 1. The molecule has 0 bridgehead atoms. The monoisotopic (exact) mass is 433 g/mol. The van der Waals surface area contributed by atoms with Gasteiger partial charge in [-0.15, -0.1) is 11.3 Å². The number of halogens is 2. The average Bonchev–Trinajstić information content (AvgIpc) is 3.05. The van der Waals surface area contributed by atoms with E-state index in [1.165, 1.54) is 35.6 Å². The highest BCUT2D eigenvalue weighted by Gasteiger charge is 2.27. The van der Waals surface area contributed by atoms with Crippen molar-refractivity contribution in [3.8, 4) is 6.07 Å². The van der Waals surface area contributed by atoms with Crippen molar-refractivity contribution in [2.24, 2.45) is 0 Å². The summed E-state index contributed by atoms with van der Waals surface area (Å²) in [7, 11) is 0. The van der Waals surface area contributed by atoms with Gasteiger partial charge in [-0.2, -0.15) is 5.26 Å². The van der Waals surface area contributed by atoms with Gasteiger partial charge in [-0.25, -0.2) is 9.18 Å². The number of amides is 2. The van der Waals surface area contributed by atoms with E-state index >= 15 is 0 Å². The van der Waals surface area contributed by atoms with Crippen LogP contribution in [0.4, 0.5) is 14.2 Å². The smallest absolute Gasteiger partial charge is 0.410 e. The molecular formula is C20H17ClFN3O3S. The van der Waals surface area contributed by atoms with Gasteiger partial charge in [0.2, 0.25) is 5.91 Å². The van der Waals surface area contributed by atoms with E-state index in [0.717, 1.165) is 10.4 Å². The Kier molecular flexibility index (Phi) is 6.52. The molecule has 0 saturated carbocycles. The lowest BCUT2D eigenvalue weighted by molar-refractivity contribution is -0.111. The lowest BCUT2D eigenvalue weighted by Crippen LogP contribution is -2.35. The summed E-state index contributed by atoms with van der Waals surface area (Å²) in [5, 5.41) is 12.6.